The number of alkyl halides is 1. The highest BCUT2D eigenvalue weighted by molar-refractivity contribution is 9.09. The van der Waals surface area contributed by atoms with Crippen molar-refractivity contribution in [3.63, 3.8) is 0 Å². The fourth-order valence-corrected chi connectivity index (χ4v) is 4.02. The highest BCUT2D eigenvalue weighted by Gasteiger charge is 2.17. The predicted octanol–water partition coefficient (Wildman–Crippen LogP) is 6.25. The summed E-state index contributed by atoms with van der Waals surface area (Å²) in [5.41, 5.74) is 1.45. The molecule has 2 aromatic rings. The maximum absolute atomic E-state index is 3.91. The molecule has 1 aliphatic rings. The van der Waals surface area contributed by atoms with Crippen LogP contribution in [0.3, 0.4) is 0 Å². The van der Waals surface area contributed by atoms with Gasteiger partial charge in [-0.05, 0) is 35.1 Å². The molecule has 0 nitrogen and oxygen atoms in total. The second kappa shape index (κ2) is 6.09. The normalized spacial score (nSPS) is 17.9. The zero-order valence-corrected chi connectivity index (χ0v) is 12.9. The minimum absolute atomic E-state index is 0.499. The van der Waals surface area contributed by atoms with E-state index in [1.54, 1.807) is 0 Å². The number of fused-ring (bicyclic) bond motifs is 1. The van der Waals surface area contributed by atoms with Crippen LogP contribution in [0, 0.1) is 5.92 Å². The quantitative estimate of drug-likeness (QED) is 0.585. The lowest BCUT2D eigenvalue weighted by atomic mass is 9.95. The molecule has 0 aliphatic heterocycles. The highest BCUT2D eigenvalue weighted by atomic mass is 79.9. The largest absolute Gasteiger partial charge is 0.0839 e. The lowest BCUT2D eigenvalue weighted by Gasteiger charge is -2.15. The van der Waals surface area contributed by atoms with Crippen molar-refractivity contribution < 1.29 is 0 Å². The molecule has 100 valence electrons. The third kappa shape index (κ3) is 3.02. The lowest BCUT2D eigenvalue weighted by Crippen LogP contribution is -1.98. The summed E-state index contributed by atoms with van der Waals surface area (Å²) in [5, 5.41) is 2.75. The average Bonchev–Trinajstić information content (AvgIpc) is 2.97. The third-order valence-electron chi connectivity index (χ3n) is 4.46. The Morgan fingerprint density at radius 1 is 1.00 bits per heavy atom. The van der Waals surface area contributed by atoms with Crippen LogP contribution in [0.4, 0.5) is 0 Å². The Balaban J connectivity index is 1.75. The van der Waals surface area contributed by atoms with Crippen LogP contribution in [0.25, 0.3) is 10.8 Å². The van der Waals surface area contributed by atoms with Crippen LogP contribution in [0.2, 0.25) is 0 Å². The molecule has 1 heteroatoms. The molecule has 0 spiro atoms. The van der Waals surface area contributed by atoms with E-state index < -0.39 is 0 Å². The fourth-order valence-electron chi connectivity index (χ4n) is 3.36. The van der Waals surface area contributed by atoms with Crippen LogP contribution in [0.5, 0.6) is 0 Å². The maximum Gasteiger partial charge on any atom is 0.0401 e. The van der Waals surface area contributed by atoms with Gasteiger partial charge in [-0.15, -0.1) is 0 Å². The summed E-state index contributed by atoms with van der Waals surface area (Å²) < 4.78 is 0. The summed E-state index contributed by atoms with van der Waals surface area (Å²) in [4.78, 5) is 0.499. The van der Waals surface area contributed by atoms with E-state index in [1.165, 1.54) is 54.9 Å². The van der Waals surface area contributed by atoms with Crippen molar-refractivity contribution in [1.29, 1.82) is 0 Å². The molecule has 1 atom stereocenters. The van der Waals surface area contributed by atoms with Crippen LogP contribution < -0.4 is 0 Å². The first-order chi connectivity index (χ1) is 9.34. The van der Waals surface area contributed by atoms with Crippen molar-refractivity contribution in [2.45, 2.75) is 43.4 Å². The summed E-state index contributed by atoms with van der Waals surface area (Å²) in [7, 11) is 0. The molecule has 0 bridgehead atoms. The van der Waals surface area contributed by atoms with E-state index in [2.05, 4.69) is 58.4 Å². The van der Waals surface area contributed by atoms with Gasteiger partial charge in [-0.2, -0.15) is 0 Å². The first kappa shape index (κ1) is 13.2. The number of rotatable bonds is 4. The Morgan fingerprint density at radius 2 is 1.74 bits per heavy atom. The zero-order chi connectivity index (χ0) is 13.1. The van der Waals surface area contributed by atoms with Crippen LogP contribution in [-0.2, 0) is 0 Å². The molecule has 1 saturated carbocycles. The van der Waals surface area contributed by atoms with Gasteiger partial charge in [0, 0.05) is 4.83 Å². The molecule has 1 fully saturated rings. The summed E-state index contributed by atoms with van der Waals surface area (Å²) in [6, 6.07) is 15.4. The second-order valence-electron chi connectivity index (χ2n) is 5.76. The summed E-state index contributed by atoms with van der Waals surface area (Å²) in [5.74, 6) is 0.982. The van der Waals surface area contributed by atoms with E-state index in [4.69, 9.17) is 0 Å². The molecule has 1 aliphatic carbocycles. The van der Waals surface area contributed by atoms with Crippen LogP contribution >= 0.6 is 15.9 Å². The Morgan fingerprint density at radius 3 is 2.58 bits per heavy atom. The molecule has 0 heterocycles. The number of benzene rings is 2. The second-order valence-corrected chi connectivity index (χ2v) is 6.87. The summed E-state index contributed by atoms with van der Waals surface area (Å²) >= 11 is 3.91. The first-order valence-corrected chi connectivity index (χ1v) is 8.38. The fraction of sp³-hybridized carbons (Fsp3) is 0.444. The number of hydrogen-bond acceptors (Lipinski definition) is 0. The Bertz CT molecular complexity index is 535. The standard InChI is InChI=1S/C18H21Br/c19-18(13-12-14-6-1-2-7-14)17-11-5-9-15-8-3-4-10-16(15)17/h3-5,8-11,14,18H,1-2,6-7,12-13H2. The topological polar surface area (TPSA) is 0 Å². The molecule has 1 unspecified atom stereocenters. The molecular formula is C18H21Br. The molecular weight excluding hydrogens is 296 g/mol. The molecule has 0 amide bonds. The van der Waals surface area contributed by atoms with E-state index in [-0.39, 0.29) is 0 Å². The minimum Gasteiger partial charge on any atom is -0.0839 e. The van der Waals surface area contributed by atoms with E-state index in [9.17, 15) is 0 Å². The SMILES string of the molecule is BrC(CCC1CCCC1)c1cccc2ccccc12. The van der Waals surface area contributed by atoms with E-state index in [1.807, 2.05) is 0 Å². The van der Waals surface area contributed by atoms with Crippen LogP contribution in [0.15, 0.2) is 42.5 Å². The molecule has 19 heavy (non-hydrogen) atoms. The summed E-state index contributed by atoms with van der Waals surface area (Å²) in [6.45, 7) is 0. The smallest absolute Gasteiger partial charge is 0.0401 e. The minimum atomic E-state index is 0.499. The van der Waals surface area contributed by atoms with Gasteiger partial charge in [0.15, 0.2) is 0 Å². The maximum atomic E-state index is 3.91. The van der Waals surface area contributed by atoms with Gasteiger partial charge in [0.25, 0.3) is 0 Å². The van der Waals surface area contributed by atoms with Gasteiger partial charge < -0.3 is 0 Å². The lowest BCUT2D eigenvalue weighted by molar-refractivity contribution is 0.483. The average molecular weight is 317 g/mol. The zero-order valence-electron chi connectivity index (χ0n) is 11.3. The van der Waals surface area contributed by atoms with Crippen molar-refractivity contribution in [3.8, 4) is 0 Å². The van der Waals surface area contributed by atoms with Gasteiger partial charge in [0.2, 0.25) is 0 Å². The van der Waals surface area contributed by atoms with Crippen molar-refractivity contribution in [3.05, 3.63) is 48.0 Å². The number of hydrogen-bond donors (Lipinski definition) is 0. The van der Waals surface area contributed by atoms with Gasteiger partial charge in [0.1, 0.15) is 0 Å². The van der Waals surface area contributed by atoms with Crippen molar-refractivity contribution in [2.75, 3.05) is 0 Å². The monoisotopic (exact) mass is 316 g/mol. The first-order valence-electron chi connectivity index (χ1n) is 7.46. The molecule has 2 aromatic carbocycles. The highest BCUT2D eigenvalue weighted by Crippen LogP contribution is 2.37. The van der Waals surface area contributed by atoms with E-state index in [0.29, 0.717) is 4.83 Å². The Kier molecular flexibility index (Phi) is 4.22. The van der Waals surface area contributed by atoms with Gasteiger partial charge in [0.05, 0.1) is 0 Å². The van der Waals surface area contributed by atoms with E-state index >= 15 is 0 Å². The Hall–Kier alpha value is -0.820. The summed E-state index contributed by atoms with van der Waals surface area (Å²) in [6.07, 6.45) is 8.44. The van der Waals surface area contributed by atoms with Crippen LogP contribution in [0.1, 0.15) is 48.9 Å². The van der Waals surface area contributed by atoms with E-state index in [0.717, 1.165) is 5.92 Å². The van der Waals surface area contributed by atoms with Gasteiger partial charge in [-0.1, -0.05) is 84.1 Å². The Labute approximate surface area is 124 Å². The van der Waals surface area contributed by atoms with Crippen molar-refractivity contribution in [1.82, 2.24) is 0 Å². The van der Waals surface area contributed by atoms with Gasteiger partial charge >= 0.3 is 0 Å². The molecule has 0 radical (unpaired) electrons. The molecule has 0 N–H and O–H groups in total. The molecule has 0 saturated heterocycles. The van der Waals surface area contributed by atoms with Gasteiger partial charge in [-0.3, -0.25) is 0 Å². The number of halogens is 1. The van der Waals surface area contributed by atoms with Gasteiger partial charge in [-0.25, -0.2) is 0 Å². The molecule has 3 rings (SSSR count). The van der Waals surface area contributed by atoms with Crippen molar-refractivity contribution >= 4 is 26.7 Å². The van der Waals surface area contributed by atoms with Crippen molar-refractivity contribution in [2.24, 2.45) is 5.92 Å². The predicted molar refractivity (Wildman–Crippen MR) is 86.8 cm³/mol. The molecule has 0 aromatic heterocycles. The third-order valence-corrected chi connectivity index (χ3v) is 5.42. The van der Waals surface area contributed by atoms with Crippen LogP contribution in [-0.4, -0.2) is 0 Å².